The van der Waals surface area contributed by atoms with E-state index in [-0.39, 0.29) is 49.2 Å². The molecule has 1 aromatic carbocycles. The zero-order chi connectivity index (χ0) is 23.1. The Balaban J connectivity index is 1.86. The van der Waals surface area contributed by atoms with Crippen molar-refractivity contribution in [2.45, 2.75) is 85.0 Å². The van der Waals surface area contributed by atoms with Crippen molar-refractivity contribution >= 4 is 17.8 Å². The number of hydrogen-bond donors (Lipinski definition) is 0. The predicted octanol–water partition coefficient (Wildman–Crippen LogP) is 3.66. The Bertz CT molecular complexity index is 742. The fourth-order valence-electron chi connectivity index (χ4n) is 4.28. The molecule has 0 saturated carbocycles. The van der Waals surface area contributed by atoms with Gasteiger partial charge in [0, 0.05) is 24.2 Å². The second-order valence-electron chi connectivity index (χ2n) is 8.81. The van der Waals surface area contributed by atoms with E-state index in [1.54, 1.807) is 29.2 Å². The zero-order valence-corrected chi connectivity index (χ0v) is 19.6. The molecule has 0 spiro atoms. The van der Waals surface area contributed by atoms with Crippen molar-refractivity contribution in [2.75, 3.05) is 13.2 Å². The first-order chi connectivity index (χ1) is 14.6. The SMILES string of the molecule is CC(C)N(C(=O)COC(=O)c1ccc(OCC(=O)N2C(C)CCCC2C)cc1)C(C)C. The minimum atomic E-state index is -0.570. The Kier molecular flexibility index (Phi) is 8.89. The Morgan fingerprint density at radius 2 is 1.52 bits per heavy atom. The quantitative estimate of drug-likeness (QED) is 0.586. The molecule has 2 amide bonds. The molecule has 1 saturated heterocycles. The molecule has 0 aliphatic carbocycles. The maximum Gasteiger partial charge on any atom is 0.338 e. The van der Waals surface area contributed by atoms with Crippen LogP contribution >= 0.6 is 0 Å². The molecule has 31 heavy (non-hydrogen) atoms. The highest BCUT2D eigenvalue weighted by Gasteiger charge is 2.29. The van der Waals surface area contributed by atoms with Crippen LogP contribution < -0.4 is 4.74 Å². The Labute approximate surface area is 185 Å². The molecule has 7 nitrogen and oxygen atoms in total. The van der Waals surface area contributed by atoms with Crippen molar-refractivity contribution in [1.82, 2.24) is 9.80 Å². The summed E-state index contributed by atoms with van der Waals surface area (Å²) in [6.07, 6.45) is 3.17. The fraction of sp³-hybridized carbons (Fsp3) is 0.625. The molecule has 2 atom stereocenters. The van der Waals surface area contributed by atoms with E-state index in [0.717, 1.165) is 19.3 Å². The lowest BCUT2D eigenvalue weighted by molar-refractivity contribution is -0.139. The van der Waals surface area contributed by atoms with Gasteiger partial charge in [-0.25, -0.2) is 4.79 Å². The largest absolute Gasteiger partial charge is 0.484 e. The van der Waals surface area contributed by atoms with Crippen molar-refractivity contribution in [2.24, 2.45) is 0 Å². The van der Waals surface area contributed by atoms with Gasteiger partial charge < -0.3 is 19.3 Å². The Morgan fingerprint density at radius 3 is 2.03 bits per heavy atom. The molecule has 0 aromatic heterocycles. The summed E-state index contributed by atoms with van der Waals surface area (Å²) in [5, 5.41) is 0. The molecule has 2 rings (SSSR count). The van der Waals surface area contributed by atoms with Crippen LogP contribution in [0.25, 0.3) is 0 Å². The average molecular weight is 433 g/mol. The van der Waals surface area contributed by atoms with E-state index in [0.29, 0.717) is 11.3 Å². The molecular weight excluding hydrogens is 396 g/mol. The Hall–Kier alpha value is -2.57. The highest BCUT2D eigenvalue weighted by atomic mass is 16.5. The number of carbonyl (C=O) groups is 3. The fourth-order valence-corrected chi connectivity index (χ4v) is 4.28. The smallest absolute Gasteiger partial charge is 0.338 e. The number of amides is 2. The summed E-state index contributed by atoms with van der Waals surface area (Å²) in [4.78, 5) is 40.8. The molecule has 1 aliphatic heterocycles. The van der Waals surface area contributed by atoms with E-state index < -0.39 is 5.97 Å². The van der Waals surface area contributed by atoms with Gasteiger partial charge in [-0.3, -0.25) is 9.59 Å². The average Bonchev–Trinajstić information content (AvgIpc) is 2.70. The standard InChI is InChI=1S/C24H36N2O5/c1-16(2)25(17(3)4)22(27)15-31-24(29)20-10-12-21(13-11-20)30-14-23(28)26-18(5)8-7-9-19(26)6/h10-13,16-19H,7-9,14-15H2,1-6H3. The molecule has 1 fully saturated rings. The van der Waals surface area contributed by atoms with E-state index in [2.05, 4.69) is 13.8 Å². The first-order valence-corrected chi connectivity index (χ1v) is 11.1. The monoisotopic (exact) mass is 432 g/mol. The molecule has 1 aliphatic rings. The lowest BCUT2D eigenvalue weighted by Gasteiger charge is -2.38. The summed E-state index contributed by atoms with van der Waals surface area (Å²) in [7, 11) is 0. The highest BCUT2D eigenvalue weighted by Crippen LogP contribution is 2.23. The van der Waals surface area contributed by atoms with Crippen LogP contribution in [0.5, 0.6) is 5.75 Å². The first-order valence-electron chi connectivity index (χ1n) is 11.1. The van der Waals surface area contributed by atoms with E-state index in [9.17, 15) is 14.4 Å². The number of rotatable bonds is 8. The van der Waals surface area contributed by atoms with Gasteiger partial charge in [0.15, 0.2) is 13.2 Å². The van der Waals surface area contributed by atoms with Crippen LogP contribution in [-0.2, 0) is 14.3 Å². The molecule has 0 radical (unpaired) electrons. The minimum Gasteiger partial charge on any atom is -0.484 e. The highest BCUT2D eigenvalue weighted by molar-refractivity contribution is 5.91. The van der Waals surface area contributed by atoms with Crippen LogP contribution in [0.2, 0.25) is 0 Å². The predicted molar refractivity (Wildman–Crippen MR) is 119 cm³/mol. The summed E-state index contributed by atoms with van der Waals surface area (Å²) < 4.78 is 10.8. The van der Waals surface area contributed by atoms with Gasteiger partial charge >= 0.3 is 5.97 Å². The third kappa shape index (κ3) is 6.71. The minimum absolute atomic E-state index is 0.0263. The first kappa shape index (κ1) is 24.7. The summed E-state index contributed by atoms with van der Waals surface area (Å²) >= 11 is 0. The van der Waals surface area contributed by atoms with Crippen LogP contribution in [-0.4, -0.2) is 65.0 Å². The molecule has 1 aromatic rings. The van der Waals surface area contributed by atoms with Crippen molar-refractivity contribution in [3.05, 3.63) is 29.8 Å². The van der Waals surface area contributed by atoms with Crippen molar-refractivity contribution in [1.29, 1.82) is 0 Å². The van der Waals surface area contributed by atoms with E-state index >= 15 is 0 Å². The van der Waals surface area contributed by atoms with Gasteiger partial charge in [0.25, 0.3) is 11.8 Å². The second kappa shape index (κ2) is 11.2. The number of benzene rings is 1. The summed E-state index contributed by atoms with van der Waals surface area (Å²) in [6, 6.07) is 6.90. The lowest BCUT2D eigenvalue weighted by Crippen LogP contribution is -2.49. The number of likely N-dealkylation sites (tertiary alicyclic amines) is 1. The number of nitrogens with zero attached hydrogens (tertiary/aromatic N) is 2. The molecule has 2 unspecified atom stereocenters. The second-order valence-corrected chi connectivity index (χ2v) is 8.81. The number of esters is 1. The van der Waals surface area contributed by atoms with Gasteiger partial charge in [-0.2, -0.15) is 0 Å². The number of hydrogen-bond acceptors (Lipinski definition) is 5. The van der Waals surface area contributed by atoms with Gasteiger partial charge in [0.2, 0.25) is 0 Å². The van der Waals surface area contributed by atoms with Gasteiger partial charge in [-0.05, 0) is 85.1 Å². The third-order valence-electron chi connectivity index (χ3n) is 5.66. The molecule has 1 heterocycles. The molecule has 0 bridgehead atoms. The van der Waals surface area contributed by atoms with Crippen LogP contribution in [0.15, 0.2) is 24.3 Å². The molecule has 172 valence electrons. The normalized spacial score (nSPS) is 18.8. The van der Waals surface area contributed by atoms with E-state index in [4.69, 9.17) is 9.47 Å². The number of carbonyl (C=O) groups excluding carboxylic acids is 3. The van der Waals surface area contributed by atoms with E-state index in [1.807, 2.05) is 32.6 Å². The van der Waals surface area contributed by atoms with Gasteiger partial charge in [-0.15, -0.1) is 0 Å². The lowest BCUT2D eigenvalue weighted by atomic mass is 9.97. The van der Waals surface area contributed by atoms with Gasteiger partial charge in [0.05, 0.1) is 5.56 Å². The topological polar surface area (TPSA) is 76.1 Å². The zero-order valence-electron chi connectivity index (χ0n) is 19.6. The molecule has 0 N–H and O–H groups in total. The van der Waals surface area contributed by atoms with Crippen molar-refractivity contribution in [3.63, 3.8) is 0 Å². The van der Waals surface area contributed by atoms with Gasteiger partial charge in [0.1, 0.15) is 5.75 Å². The van der Waals surface area contributed by atoms with Crippen molar-refractivity contribution in [3.8, 4) is 5.75 Å². The third-order valence-corrected chi connectivity index (χ3v) is 5.66. The Morgan fingerprint density at radius 1 is 0.968 bits per heavy atom. The maximum atomic E-state index is 12.6. The summed E-state index contributed by atoms with van der Waals surface area (Å²) in [6.45, 7) is 11.5. The number of piperidine rings is 1. The van der Waals surface area contributed by atoms with Gasteiger partial charge in [-0.1, -0.05) is 0 Å². The van der Waals surface area contributed by atoms with Crippen LogP contribution in [0.3, 0.4) is 0 Å². The van der Waals surface area contributed by atoms with Crippen molar-refractivity contribution < 1.29 is 23.9 Å². The van der Waals surface area contributed by atoms with Crippen LogP contribution in [0.1, 0.15) is 71.2 Å². The summed E-state index contributed by atoms with van der Waals surface area (Å²) in [5.41, 5.74) is 0.324. The maximum absolute atomic E-state index is 12.6. The molecule has 7 heteroatoms. The van der Waals surface area contributed by atoms with E-state index in [1.165, 1.54) is 0 Å². The number of ether oxygens (including phenoxy) is 2. The van der Waals surface area contributed by atoms with Crippen LogP contribution in [0, 0.1) is 0 Å². The molecular formula is C24H36N2O5. The van der Waals surface area contributed by atoms with Crippen LogP contribution in [0.4, 0.5) is 0 Å². The summed E-state index contributed by atoms with van der Waals surface area (Å²) in [5.74, 6) is -0.317.